The van der Waals surface area contributed by atoms with Crippen LogP contribution in [0.5, 0.6) is 0 Å². The van der Waals surface area contributed by atoms with Crippen LogP contribution in [0.15, 0.2) is 72.8 Å². The summed E-state index contributed by atoms with van der Waals surface area (Å²) in [5, 5.41) is 5.70. The molecule has 2 N–H and O–H groups in total. The smallest absolute Gasteiger partial charge is 0.408 e. The standard InChI is InChI=1S/C36H40N2O4/c1-25(37-33(39)41-35(3,4)5)31-21-17-29(18-22-31)15-13-27-9-11-28(12-10-27)14-16-30-19-23-32(24-20-30)26(2)38-34(40)42-36(6,7)8/h9-12,17-26H,1-8H3,(H,37,39)(H,38,40)/t25-,26-/m0/s1. The summed E-state index contributed by atoms with van der Waals surface area (Å²) in [4.78, 5) is 24.0. The van der Waals surface area contributed by atoms with Gasteiger partial charge in [-0.1, -0.05) is 47.9 Å². The minimum atomic E-state index is -0.538. The number of rotatable bonds is 4. The third-order valence-corrected chi connectivity index (χ3v) is 5.88. The second kappa shape index (κ2) is 13.8. The van der Waals surface area contributed by atoms with Crippen molar-refractivity contribution >= 4 is 12.2 Å². The minimum Gasteiger partial charge on any atom is -0.444 e. The van der Waals surface area contributed by atoms with Gasteiger partial charge in [0, 0.05) is 22.3 Å². The molecule has 0 unspecified atom stereocenters. The molecule has 0 spiro atoms. The van der Waals surface area contributed by atoms with Crippen molar-refractivity contribution in [1.29, 1.82) is 0 Å². The molecule has 6 heteroatoms. The summed E-state index contributed by atoms with van der Waals surface area (Å²) in [5.74, 6) is 12.7. The Balaban J connectivity index is 1.55. The lowest BCUT2D eigenvalue weighted by Gasteiger charge is -2.22. The Bertz CT molecular complexity index is 1370. The molecule has 218 valence electrons. The Hall–Kier alpha value is -4.68. The summed E-state index contributed by atoms with van der Waals surface area (Å²) in [5.41, 5.74) is 4.40. The van der Waals surface area contributed by atoms with E-state index in [-0.39, 0.29) is 12.1 Å². The quantitative estimate of drug-likeness (QED) is 0.319. The molecule has 0 bridgehead atoms. The average Bonchev–Trinajstić information content (AvgIpc) is 2.89. The Kier molecular flexibility index (Phi) is 10.5. The van der Waals surface area contributed by atoms with Gasteiger partial charge in [0.15, 0.2) is 0 Å². The molecule has 42 heavy (non-hydrogen) atoms. The van der Waals surface area contributed by atoms with Crippen molar-refractivity contribution in [3.63, 3.8) is 0 Å². The van der Waals surface area contributed by atoms with Gasteiger partial charge in [0.25, 0.3) is 0 Å². The van der Waals surface area contributed by atoms with Crippen molar-refractivity contribution < 1.29 is 19.1 Å². The maximum absolute atomic E-state index is 12.0. The first-order chi connectivity index (χ1) is 19.7. The van der Waals surface area contributed by atoms with E-state index in [1.165, 1.54) is 0 Å². The molecule has 0 aliphatic rings. The summed E-state index contributed by atoms with van der Waals surface area (Å²) in [7, 11) is 0. The summed E-state index contributed by atoms with van der Waals surface area (Å²) < 4.78 is 10.7. The topological polar surface area (TPSA) is 76.7 Å². The van der Waals surface area contributed by atoms with Crippen molar-refractivity contribution in [2.24, 2.45) is 0 Å². The van der Waals surface area contributed by atoms with Gasteiger partial charge in [0.2, 0.25) is 0 Å². The summed E-state index contributed by atoms with van der Waals surface area (Å²) in [6.07, 6.45) is -0.881. The molecule has 2 atom stereocenters. The Labute approximate surface area is 250 Å². The molecule has 3 rings (SSSR count). The van der Waals surface area contributed by atoms with Gasteiger partial charge < -0.3 is 20.1 Å². The van der Waals surface area contributed by atoms with Crippen molar-refractivity contribution in [3.05, 3.63) is 106 Å². The number of hydrogen-bond acceptors (Lipinski definition) is 4. The molecule has 3 aromatic carbocycles. The van der Waals surface area contributed by atoms with Crippen LogP contribution in [0.3, 0.4) is 0 Å². The van der Waals surface area contributed by atoms with Gasteiger partial charge >= 0.3 is 12.2 Å². The first-order valence-corrected chi connectivity index (χ1v) is 14.0. The van der Waals surface area contributed by atoms with E-state index in [1.807, 2.05) is 128 Å². The third kappa shape index (κ3) is 11.1. The molecule has 0 aliphatic carbocycles. The lowest BCUT2D eigenvalue weighted by Crippen LogP contribution is -2.34. The first-order valence-electron chi connectivity index (χ1n) is 14.0. The molecule has 0 radical (unpaired) electrons. The fraction of sp³-hybridized carbons (Fsp3) is 0.333. The van der Waals surface area contributed by atoms with Crippen LogP contribution >= 0.6 is 0 Å². The van der Waals surface area contributed by atoms with Crippen molar-refractivity contribution in [2.45, 2.75) is 78.7 Å². The average molecular weight is 565 g/mol. The predicted octanol–water partition coefficient (Wildman–Crippen LogP) is 7.66. The van der Waals surface area contributed by atoms with E-state index in [0.717, 1.165) is 33.4 Å². The van der Waals surface area contributed by atoms with E-state index in [9.17, 15) is 9.59 Å². The summed E-state index contributed by atoms with van der Waals surface area (Å²) >= 11 is 0. The van der Waals surface area contributed by atoms with Crippen LogP contribution in [0.2, 0.25) is 0 Å². The number of hydrogen-bond donors (Lipinski definition) is 2. The molecular formula is C36H40N2O4. The van der Waals surface area contributed by atoms with Crippen LogP contribution in [0.1, 0.15) is 101 Å². The van der Waals surface area contributed by atoms with Gasteiger partial charge in [-0.15, -0.1) is 0 Å². The molecule has 0 heterocycles. The maximum atomic E-state index is 12.0. The van der Waals surface area contributed by atoms with Gasteiger partial charge in [0.05, 0.1) is 12.1 Å². The van der Waals surface area contributed by atoms with Crippen LogP contribution in [-0.4, -0.2) is 23.4 Å². The van der Waals surface area contributed by atoms with Crippen LogP contribution in [0, 0.1) is 23.7 Å². The molecule has 0 fully saturated rings. The monoisotopic (exact) mass is 564 g/mol. The molecule has 0 saturated carbocycles. The van der Waals surface area contributed by atoms with Gasteiger partial charge in [-0.05, 0) is 115 Å². The second-order valence-electron chi connectivity index (χ2n) is 12.1. The SMILES string of the molecule is C[C@H](NC(=O)OC(C)(C)C)c1ccc(C#Cc2ccc(C#Cc3ccc([C@H](C)NC(=O)OC(C)(C)C)cc3)cc2)cc1. The van der Waals surface area contributed by atoms with Gasteiger partial charge in [-0.2, -0.15) is 0 Å². The number of benzene rings is 3. The van der Waals surface area contributed by atoms with E-state index < -0.39 is 23.4 Å². The van der Waals surface area contributed by atoms with Gasteiger partial charge in [-0.25, -0.2) is 9.59 Å². The Morgan fingerprint density at radius 1 is 0.524 bits per heavy atom. The number of amides is 2. The number of ether oxygens (including phenoxy) is 2. The van der Waals surface area contributed by atoms with Crippen LogP contribution in [-0.2, 0) is 9.47 Å². The molecule has 3 aromatic rings. The summed E-state index contributed by atoms with van der Waals surface area (Å²) in [6, 6.07) is 23.0. The molecule has 0 aliphatic heterocycles. The van der Waals surface area contributed by atoms with Crippen LogP contribution < -0.4 is 10.6 Å². The van der Waals surface area contributed by atoms with E-state index in [1.54, 1.807) is 0 Å². The van der Waals surface area contributed by atoms with E-state index in [4.69, 9.17) is 9.47 Å². The zero-order valence-electron chi connectivity index (χ0n) is 25.7. The number of carbonyl (C=O) groups excluding carboxylic acids is 2. The van der Waals surface area contributed by atoms with Crippen LogP contribution in [0.4, 0.5) is 9.59 Å². The fourth-order valence-corrected chi connectivity index (χ4v) is 3.77. The highest BCUT2D eigenvalue weighted by Gasteiger charge is 2.19. The molecular weight excluding hydrogens is 524 g/mol. The Morgan fingerprint density at radius 2 is 0.762 bits per heavy atom. The largest absolute Gasteiger partial charge is 0.444 e. The van der Waals surface area contributed by atoms with Gasteiger partial charge in [-0.3, -0.25) is 0 Å². The Morgan fingerprint density at radius 3 is 1.00 bits per heavy atom. The lowest BCUT2D eigenvalue weighted by atomic mass is 10.1. The van der Waals surface area contributed by atoms with E-state index in [0.29, 0.717) is 0 Å². The highest BCUT2D eigenvalue weighted by Crippen LogP contribution is 2.16. The van der Waals surface area contributed by atoms with Crippen molar-refractivity contribution in [3.8, 4) is 23.7 Å². The lowest BCUT2D eigenvalue weighted by molar-refractivity contribution is 0.0496. The number of alkyl carbamates (subject to hydrolysis) is 2. The van der Waals surface area contributed by atoms with Crippen LogP contribution in [0.25, 0.3) is 0 Å². The van der Waals surface area contributed by atoms with Gasteiger partial charge in [0.1, 0.15) is 11.2 Å². The normalized spacial score (nSPS) is 12.4. The first kappa shape index (κ1) is 31.8. The molecule has 2 amide bonds. The van der Waals surface area contributed by atoms with E-state index >= 15 is 0 Å². The molecule has 0 saturated heterocycles. The summed E-state index contributed by atoms with van der Waals surface area (Å²) in [6.45, 7) is 14.8. The predicted molar refractivity (Wildman–Crippen MR) is 167 cm³/mol. The minimum absolute atomic E-state index is 0.182. The number of nitrogens with one attached hydrogen (secondary N) is 2. The highest BCUT2D eigenvalue weighted by atomic mass is 16.6. The zero-order chi connectivity index (χ0) is 30.9. The zero-order valence-corrected chi connectivity index (χ0v) is 25.7. The van der Waals surface area contributed by atoms with Crippen molar-refractivity contribution in [1.82, 2.24) is 10.6 Å². The van der Waals surface area contributed by atoms with E-state index in [2.05, 4.69) is 34.3 Å². The van der Waals surface area contributed by atoms with Crippen molar-refractivity contribution in [2.75, 3.05) is 0 Å². The third-order valence-electron chi connectivity index (χ3n) is 5.88. The molecule has 6 nitrogen and oxygen atoms in total. The maximum Gasteiger partial charge on any atom is 0.408 e. The fourth-order valence-electron chi connectivity index (χ4n) is 3.77. The number of carbonyl (C=O) groups is 2. The second-order valence-corrected chi connectivity index (χ2v) is 12.1. The molecule has 0 aromatic heterocycles. The highest BCUT2D eigenvalue weighted by molar-refractivity contribution is 5.69.